The first-order valence-corrected chi connectivity index (χ1v) is 9.36. The van der Waals surface area contributed by atoms with Crippen LogP contribution in [0.25, 0.3) is 10.9 Å². The summed E-state index contributed by atoms with van der Waals surface area (Å²) in [5.41, 5.74) is 2.74. The SMILES string of the molecule is CN(C)CCn1cc(NC(=O)C(=O)N2CCn3c(cc4ccccc43)C2)cn1. The maximum atomic E-state index is 12.6. The second-order valence-electron chi connectivity index (χ2n) is 7.32. The molecular weight excluding hydrogens is 356 g/mol. The maximum absolute atomic E-state index is 12.6. The highest BCUT2D eigenvalue weighted by molar-refractivity contribution is 6.39. The zero-order valence-electron chi connectivity index (χ0n) is 16.1. The van der Waals surface area contributed by atoms with Crippen molar-refractivity contribution in [1.82, 2.24) is 24.1 Å². The minimum Gasteiger partial charge on any atom is -0.341 e. The normalized spacial score (nSPS) is 13.8. The number of aromatic nitrogens is 3. The van der Waals surface area contributed by atoms with Crippen LogP contribution in [0.5, 0.6) is 0 Å². The number of para-hydroxylation sites is 1. The number of carbonyl (C=O) groups is 2. The van der Waals surface area contributed by atoms with Crippen molar-refractivity contribution in [2.24, 2.45) is 0 Å². The Kier molecular flexibility index (Phi) is 4.87. The Morgan fingerprint density at radius 1 is 1.21 bits per heavy atom. The molecule has 1 aromatic carbocycles. The third-order valence-corrected chi connectivity index (χ3v) is 4.99. The summed E-state index contributed by atoms with van der Waals surface area (Å²) >= 11 is 0. The van der Waals surface area contributed by atoms with E-state index in [0.717, 1.165) is 17.6 Å². The van der Waals surface area contributed by atoms with E-state index in [9.17, 15) is 9.59 Å². The van der Waals surface area contributed by atoms with Crippen LogP contribution in [0.1, 0.15) is 5.69 Å². The summed E-state index contributed by atoms with van der Waals surface area (Å²) < 4.78 is 3.96. The molecule has 0 aliphatic carbocycles. The maximum Gasteiger partial charge on any atom is 0.314 e. The van der Waals surface area contributed by atoms with Crippen molar-refractivity contribution in [1.29, 1.82) is 0 Å². The summed E-state index contributed by atoms with van der Waals surface area (Å²) in [7, 11) is 3.98. The number of hydrogen-bond acceptors (Lipinski definition) is 4. The molecule has 1 aliphatic heterocycles. The van der Waals surface area contributed by atoms with Crippen molar-refractivity contribution in [2.75, 3.05) is 32.5 Å². The van der Waals surface area contributed by atoms with Crippen molar-refractivity contribution >= 4 is 28.4 Å². The number of anilines is 1. The first kappa shape index (κ1) is 18.2. The lowest BCUT2D eigenvalue weighted by atomic mass is 10.2. The minimum atomic E-state index is -0.628. The fourth-order valence-corrected chi connectivity index (χ4v) is 3.51. The van der Waals surface area contributed by atoms with E-state index < -0.39 is 11.8 Å². The van der Waals surface area contributed by atoms with E-state index in [1.165, 1.54) is 5.52 Å². The Balaban J connectivity index is 1.40. The molecule has 0 bridgehead atoms. The highest BCUT2D eigenvalue weighted by Crippen LogP contribution is 2.24. The first-order chi connectivity index (χ1) is 13.5. The van der Waals surface area contributed by atoms with E-state index in [-0.39, 0.29) is 0 Å². The van der Waals surface area contributed by atoms with Gasteiger partial charge in [-0.1, -0.05) is 18.2 Å². The number of amides is 2. The van der Waals surface area contributed by atoms with Crippen molar-refractivity contribution in [2.45, 2.75) is 19.6 Å². The van der Waals surface area contributed by atoms with Gasteiger partial charge in [0.2, 0.25) is 0 Å². The van der Waals surface area contributed by atoms with Crippen molar-refractivity contribution < 1.29 is 9.59 Å². The molecule has 146 valence electrons. The van der Waals surface area contributed by atoms with Crippen LogP contribution in [-0.2, 0) is 29.2 Å². The standard InChI is InChI=1S/C20H24N6O2/c1-23(2)7-9-25-13-16(12-21-25)22-19(27)20(28)24-8-10-26-17(14-24)11-15-5-3-4-6-18(15)26/h3-6,11-13H,7-10,14H2,1-2H3,(H,22,27). The highest BCUT2D eigenvalue weighted by Gasteiger charge is 2.27. The van der Waals surface area contributed by atoms with Gasteiger partial charge in [0.05, 0.1) is 25.0 Å². The van der Waals surface area contributed by atoms with Crippen LogP contribution in [0.4, 0.5) is 5.69 Å². The van der Waals surface area contributed by atoms with Crippen LogP contribution in [0, 0.1) is 0 Å². The average molecular weight is 380 g/mol. The van der Waals surface area contributed by atoms with E-state index in [0.29, 0.717) is 31.9 Å². The molecule has 1 aliphatic rings. The Hall–Kier alpha value is -3.13. The number of benzene rings is 1. The largest absolute Gasteiger partial charge is 0.341 e. The molecule has 0 saturated carbocycles. The number of carbonyl (C=O) groups excluding carboxylic acids is 2. The van der Waals surface area contributed by atoms with Gasteiger partial charge in [-0.2, -0.15) is 5.10 Å². The third-order valence-electron chi connectivity index (χ3n) is 4.99. The van der Waals surface area contributed by atoms with Crippen molar-refractivity contribution in [3.8, 4) is 0 Å². The van der Waals surface area contributed by atoms with Gasteiger partial charge in [-0.25, -0.2) is 0 Å². The predicted molar refractivity (Wildman–Crippen MR) is 107 cm³/mol. The molecule has 3 heterocycles. The van der Waals surface area contributed by atoms with Gasteiger partial charge >= 0.3 is 11.8 Å². The van der Waals surface area contributed by atoms with Crippen LogP contribution in [-0.4, -0.2) is 63.1 Å². The lowest BCUT2D eigenvalue weighted by molar-refractivity contribution is -0.144. The number of hydrogen-bond donors (Lipinski definition) is 1. The van der Waals surface area contributed by atoms with Crippen LogP contribution >= 0.6 is 0 Å². The summed E-state index contributed by atoms with van der Waals surface area (Å²) in [5, 5.41) is 8.03. The number of fused-ring (bicyclic) bond motifs is 3. The fraction of sp³-hybridized carbons (Fsp3) is 0.350. The van der Waals surface area contributed by atoms with Crippen LogP contribution < -0.4 is 5.32 Å². The molecule has 0 unspecified atom stereocenters. The van der Waals surface area contributed by atoms with Gasteiger partial charge in [0.1, 0.15) is 0 Å². The van der Waals surface area contributed by atoms with E-state index >= 15 is 0 Å². The predicted octanol–water partition coefficient (Wildman–Crippen LogP) is 1.38. The molecule has 2 amide bonds. The monoisotopic (exact) mass is 380 g/mol. The number of nitrogens with zero attached hydrogens (tertiary/aromatic N) is 5. The Morgan fingerprint density at radius 3 is 2.86 bits per heavy atom. The van der Waals surface area contributed by atoms with E-state index in [1.807, 2.05) is 26.2 Å². The summed E-state index contributed by atoms with van der Waals surface area (Å²) in [6.45, 7) is 3.19. The molecule has 0 saturated heterocycles. The molecule has 2 aromatic heterocycles. The zero-order chi connectivity index (χ0) is 19.7. The van der Waals surface area contributed by atoms with Gasteiger partial charge in [0.25, 0.3) is 0 Å². The Labute approximate surface area is 163 Å². The molecule has 0 spiro atoms. The Bertz CT molecular complexity index is 1020. The van der Waals surface area contributed by atoms with Crippen molar-refractivity contribution in [3.63, 3.8) is 0 Å². The van der Waals surface area contributed by atoms with Gasteiger partial charge in [-0.3, -0.25) is 14.3 Å². The number of nitrogens with one attached hydrogen (secondary N) is 1. The van der Waals surface area contributed by atoms with E-state index in [4.69, 9.17) is 0 Å². The van der Waals surface area contributed by atoms with E-state index in [1.54, 1.807) is 22.0 Å². The molecule has 0 atom stereocenters. The smallest absolute Gasteiger partial charge is 0.314 e. The molecule has 3 aromatic rings. The minimum absolute atomic E-state index is 0.434. The summed E-state index contributed by atoms with van der Waals surface area (Å²) in [6, 6.07) is 10.2. The van der Waals surface area contributed by atoms with Crippen LogP contribution in [0.3, 0.4) is 0 Å². The summed E-state index contributed by atoms with van der Waals surface area (Å²) in [5.74, 6) is -1.14. The molecule has 1 N–H and O–H groups in total. The second kappa shape index (κ2) is 7.47. The topological polar surface area (TPSA) is 75.4 Å². The average Bonchev–Trinajstić information content (AvgIpc) is 3.29. The second-order valence-corrected chi connectivity index (χ2v) is 7.32. The zero-order valence-corrected chi connectivity index (χ0v) is 16.1. The molecule has 0 fully saturated rings. The fourth-order valence-electron chi connectivity index (χ4n) is 3.51. The number of rotatable bonds is 4. The lowest BCUT2D eigenvalue weighted by Gasteiger charge is -2.28. The summed E-state index contributed by atoms with van der Waals surface area (Å²) in [6.07, 6.45) is 3.30. The van der Waals surface area contributed by atoms with Gasteiger partial charge in [-0.15, -0.1) is 0 Å². The first-order valence-electron chi connectivity index (χ1n) is 9.36. The van der Waals surface area contributed by atoms with Gasteiger partial charge in [0, 0.05) is 37.0 Å². The lowest BCUT2D eigenvalue weighted by Crippen LogP contribution is -2.43. The van der Waals surface area contributed by atoms with Crippen LogP contribution in [0.2, 0.25) is 0 Å². The van der Waals surface area contributed by atoms with Gasteiger partial charge < -0.3 is 19.7 Å². The van der Waals surface area contributed by atoms with E-state index in [2.05, 4.69) is 38.1 Å². The van der Waals surface area contributed by atoms with Crippen LogP contribution in [0.15, 0.2) is 42.7 Å². The third kappa shape index (κ3) is 3.63. The van der Waals surface area contributed by atoms with Gasteiger partial charge in [-0.05, 0) is 31.6 Å². The molecular formula is C20H24N6O2. The molecule has 8 nitrogen and oxygen atoms in total. The number of likely N-dealkylation sites (N-methyl/N-ethyl adjacent to an activating group) is 1. The highest BCUT2D eigenvalue weighted by atomic mass is 16.2. The quantitative estimate of drug-likeness (QED) is 0.694. The molecule has 0 radical (unpaired) electrons. The Morgan fingerprint density at radius 2 is 2.04 bits per heavy atom. The molecule has 28 heavy (non-hydrogen) atoms. The molecule has 8 heteroatoms. The van der Waals surface area contributed by atoms with Gasteiger partial charge in [0.15, 0.2) is 0 Å². The van der Waals surface area contributed by atoms with Crippen molar-refractivity contribution in [3.05, 3.63) is 48.4 Å². The summed E-state index contributed by atoms with van der Waals surface area (Å²) in [4.78, 5) is 28.7. The molecule has 4 rings (SSSR count).